The van der Waals surface area contributed by atoms with Crippen LogP contribution in [0.2, 0.25) is 0 Å². The summed E-state index contributed by atoms with van der Waals surface area (Å²) in [7, 11) is 0. The maximum Gasteiger partial charge on any atom is 0.174 e. The number of fused-ring (bicyclic) bond motifs is 1. The zero-order chi connectivity index (χ0) is 14.4. The average molecular weight is 262 g/mol. The molecule has 1 aliphatic rings. The summed E-state index contributed by atoms with van der Waals surface area (Å²) in [5, 5.41) is 9.26. The number of rotatable bonds is 3. The third-order valence-corrected chi connectivity index (χ3v) is 4.08. The first-order valence-corrected chi connectivity index (χ1v) is 6.23. The molecule has 0 saturated heterocycles. The van der Waals surface area contributed by atoms with Gasteiger partial charge < -0.3 is 9.52 Å². The molecule has 0 aromatic carbocycles. The predicted octanol–water partition coefficient (Wildman–Crippen LogP) is 2.30. The van der Waals surface area contributed by atoms with Crippen molar-refractivity contribution in [3.8, 4) is 0 Å². The zero-order valence-corrected chi connectivity index (χ0v) is 11.4. The van der Waals surface area contributed by atoms with E-state index in [-0.39, 0.29) is 18.2 Å². The maximum absolute atomic E-state index is 12.6. The van der Waals surface area contributed by atoms with Crippen molar-refractivity contribution in [1.29, 1.82) is 0 Å². The van der Waals surface area contributed by atoms with Gasteiger partial charge in [0.05, 0.1) is 24.4 Å². The molecule has 1 heterocycles. The molecular weight excluding hydrogens is 244 g/mol. The molecule has 1 N–H and O–H groups in total. The first-order chi connectivity index (χ1) is 8.82. The highest BCUT2D eigenvalue weighted by molar-refractivity contribution is 6.06. The van der Waals surface area contributed by atoms with Gasteiger partial charge in [-0.05, 0) is 13.8 Å². The number of aliphatic hydroxyl groups is 1. The minimum absolute atomic E-state index is 0.0542. The van der Waals surface area contributed by atoms with Crippen LogP contribution in [0.25, 0.3) is 0 Å². The van der Waals surface area contributed by atoms with Gasteiger partial charge in [-0.2, -0.15) is 0 Å². The van der Waals surface area contributed by atoms with E-state index in [2.05, 4.69) is 6.58 Å². The van der Waals surface area contributed by atoms with Crippen LogP contribution in [-0.2, 0) is 17.8 Å². The molecular formula is C15H18O4. The second-order valence-corrected chi connectivity index (χ2v) is 5.51. The van der Waals surface area contributed by atoms with Crippen LogP contribution in [0.3, 0.4) is 0 Å². The van der Waals surface area contributed by atoms with Crippen LogP contribution >= 0.6 is 0 Å². The maximum atomic E-state index is 12.6. The fraction of sp³-hybridized carbons (Fsp3) is 0.467. The summed E-state index contributed by atoms with van der Waals surface area (Å²) >= 11 is 0. The Balaban J connectivity index is 2.63. The monoisotopic (exact) mass is 262 g/mol. The van der Waals surface area contributed by atoms with Crippen molar-refractivity contribution in [2.75, 3.05) is 0 Å². The van der Waals surface area contributed by atoms with Gasteiger partial charge in [0.25, 0.3) is 0 Å². The van der Waals surface area contributed by atoms with Gasteiger partial charge in [0.2, 0.25) is 0 Å². The predicted molar refractivity (Wildman–Crippen MR) is 69.8 cm³/mol. The van der Waals surface area contributed by atoms with Gasteiger partial charge in [0.1, 0.15) is 11.5 Å². The Morgan fingerprint density at radius 2 is 2.21 bits per heavy atom. The molecule has 0 unspecified atom stereocenters. The highest BCUT2D eigenvalue weighted by Gasteiger charge is 2.49. The number of hydrogen-bond acceptors (Lipinski definition) is 4. The summed E-state index contributed by atoms with van der Waals surface area (Å²) in [5.74, 6) is -0.296. The molecule has 0 amide bonds. The molecule has 2 rings (SSSR count). The summed E-state index contributed by atoms with van der Waals surface area (Å²) in [6.07, 6.45) is 1.75. The van der Waals surface area contributed by atoms with Crippen molar-refractivity contribution in [2.45, 2.75) is 33.8 Å². The largest absolute Gasteiger partial charge is 0.468 e. The number of aliphatic hydroxyl groups excluding tert-OH is 1. The van der Waals surface area contributed by atoms with E-state index in [4.69, 9.17) is 4.42 Å². The average Bonchev–Trinajstić information content (AvgIpc) is 2.70. The van der Waals surface area contributed by atoms with Crippen molar-refractivity contribution in [2.24, 2.45) is 11.3 Å². The number of allylic oxidation sites excluding steroid dienone is 1. The Hall–Kier alpha value is -1.68. The minimum Gasteiger partial charge on any atom is -0.468 e. The van der Waals surface area contributed by atoms with Gasteiger partial charge in [-0.15, -0.1) is 0 Å². The molecule has 1 aliphatic carbocycles. The molecule has 0 bridgehead atoms. The van der Waals surface area contributed by atoms with Gasteiger partial charge in [-0.25, -0.2) is 0 Å². The lowest BCUT2D eigenvalue weighted by molar-refractivity contribution is -0.127. The molecule has 2 atom stereocenters. The van der Waals surface area contributed by atoms with E-state index in [0.717, 1.165) is 0 Å². The fourth-order valence-corrected chi connectivity index (χ4v) is 2.95. The number of ketones is 2. The normalized spacial score (nSPS) is 26.1. The van der Waals surface area contributed by atoms with Gasteiger partial charge in [0.15, 0.2) is 5.78 Å². The Kier molecular flexibility index (Phi) is 3.22. The lowest BCUT2D eigenvalue weighted by Crippen LogP contribution is -2.45. The summed E-state index contributed by atoms with van der Waals surface area (Å²) in [6, 6.07) is 0. The molecule has 0 aliphatic heterocycles. The van der Waals surface area contributed by atoms with E-state index in [1.165, 1.54) is 13.2 Å². The lowest BCUT2D eigenvalue weighted by Gasteiger charge is -2.38. The van der Waals surface area contributed by atoms with Gasteiger partial charge >= 0.3 is 0 Å². The smallest absolute Gasteiger partial charge is 0.174 e. The quantitative estimate of drug-likeness (QED) is 0.849. The van der Waals surface area contributed by atoms with Crippen molar-refractivity contribution in [3.05, 3.63) is 35.3 Å². The van der Waals surface area contributed by atoms with E-state index in [9.17, 15) is 14.7 Å². The van der Waals surface area contributed by atoms with Crippen LogP contribution in [0.5, 0.6) is 0 Å². The Labute approximate surface area is 112 Å². The molecule has 0 spiro atoms. The Morgan fingerprint density at radius 3 is 2.68 bits per heavy atom. The first kappa shape index (κ1) is 13.7. The lowest BCUT2D eigenvalue weighted by atomic mass is 9.62. The molecule has 4 nitrogen and oxygen atoms in total. The summed E-state index contributed by atoms with van der Waals surface area (Å²) in [6.45, 7) is 8.63. The van der Waals surface area contributed by atoms with Crippen LogP contribution in [0, 0.1) is 11.3 Å². The Morgan fingerprint density at radius 1 is 1.58 bits per heavy atom. The summed E-state index contributed by atoms with van der Waals surface area (Å²) in [5.41, 5.74) is 0.755. The highest BCUT2D eigenvalue weighted by atomic mass is 16.3. The second-order valence-electron chi connectivity index (χ2n) is 5.51. The molecule has 0 saturated carbocycles. The molecule has 1 aromatic heterocycles. The molecule has 19 heavy (non-hydrogen) atoms. The van der Waals surface area contributed by atoms with Crippen molar-refractivity contribution in [3.63, 3.8) is 0 Å². The molecule has 0 radical (unpaired) electrons. The van der Waals surface area contributed by atoms with E-state index < -0.39 is 11.3 Å². The second kappa shape index (κ2) is 4.46. The third-order valence-electron chi connectivity index (χ3n) is 4.08. The topological polar surface area (TPSA) is 67.5 Å². The zero-order valence-electron chi connectivity index (χ0n) is 11.4. The van der Waals surface area contributed by atoms with Crippen molar-refractivity contribution >= 4 is 11.6 Å². The number of furan rings is 1. The summed E-state index contributed by atoms with van der Waals surface area (Å²) in [4.78, 5) is 24.6. The van der Waals surface area contributed by atoms with Gasteiger partial charge in [-0.1, -0.05) is 19.1 Å². The molecule has 1 aromatic rings. The number of carbonyl (C=O) groups excluding carboxylic acids is 2. The SMILES string of the molecule is C=C(C)[C@@H]1C(=O)c2c(CO)coc2C[C@@]1(C)C(C)=O. The molecule has 102 valence electrons. The third kappa shape index (κ3) is 1.87. The Bertz CT molecular complexity index is 567. The van der Waals surface area contributed by atoms with Crippen LogP contribution in [0.15, 0.2) is 22.8 Å². The number of Topliss-reactive ketones (excluding diaryl/α,β-unsaturated/α-hetero) is 2. The van der Waals surface area contributed by atoms with Crippen molar-refractivity contribution < 1.29 is 19.1 Å². The van der Waals surface area contributed by atoms with E-state index >= 15 is 0 Å². The van der Waals surface area contributed by atoms with Crippen LogP contribution in [-0.4, -0.2) is 16.7 Å². The van der Waals surface area contributed by atoms with E-state index in [1.54, 1.807) is 13.8 Å². The summed E-state index contributed by atoms with van der Waals surface area (Å²) < 4.78 is 5.36. The van der Waals surface area contributed by atoms with Gasteiger partial charge in [-0.3, -0.25) is 9.59 Å². The van der Waals surface area contributed by atoms with Gasteiger partial charge in [0, 0.05) is 17.4 Å². The van der Waals surface area contributed by atoms with E-state index in [1.807, 2.05) is 0 Å². The minimum atomic E-state index is -0.819. The fourth-order valence-electron chi connectivity index (χ4n) is 2.95. The van der Waals surface area contributed by atoms with Crippen LogP contribution in [0.4, 0.5) is 0 Å². The van der Waals surface area contributed by atoms with Crippen LogP contribution in [0.1, 0.15) is 42.5 Å². The van der Waals surface area contributed by atoms with Crippen molar-refractivity contribution in [1.82, 2.24) is 0 Å². The van der Waals surface area contributed by atoms with Crippen LogP contribution < -0.4 is 0 Å². The van der Waals surface area contributed by atoms with E-state index in [0.29, 0.717) is 28.9 Å². The molecule has 4 heteroatoms. The number of hydrogen-bond donors (Lipinski definition) is 1. The number of carbonyl (C=O) groups is 2. The molecule has 0 fully saturated rings. The first-order valence-electron chi connectivity index (χ1n) is 6.23. The standard InChI is InChI=1S/C15H18O4/c1-8(2)13-14(18)12-10(6-16)7-19-11(12)5-15(13,4)9(3)17/h7,13,16H,1,5-6H2,2-4H3/t13-,15+/m1/s1. The highest BCUT2D eigenvalue weighted by Crippen LogP contribution is 2.45.